The number of amides is 1. The topological polar surface area (TPSA) is 50.7 Å². The van der Waals surface area contributed by atoms with Crippen molar-refractivity contribution in [3.8, 4) is 5.75 Å². The quantitative estimate of drug-likeness (QED) is 0.615. The molecule has 0 saturated carbocycles. The van der Waals surface area contributed by atoms with Crippen LogP contribution in [0.25, 0.3) is 6.08 Å². The van der Waals surface area contributed by atoms with Gasteiger partial charge in [-0.3, -0.25) is 4.79 Å². The van der Waals surface area contributed by atoms with E-state index in [9.17, 15) is 4.79 Å². The van der Waals surface area contributed by atoms with Crippen LogP contribution < -0.4 is 10.1 Å². The van der Waals surface area contributed by atoms with E-state index >= 15 is 0 Å². The van der Waals surface area contributed by atoms with E-state index in [-0.39, 0.29) is 5.91 Å². The summed E-state index contributed by atoms with van der Waals surface area (Å²) in [5, 5.41) is 3.43. The summed E-state index contributed by atoms with van der Waals surface area (Å²) in [6.45, 7) is 8.13. The summed E-state index contributed by atoms with van der Waals surface area (Å²) in [4.78, 5) is 17.4. The number of thioether (sulfide) groups is 1. The Morgan fingerprint density at radius 3 is 2.69 bits per heavy atom. The van der Waals surface area contributed by atoms with Gasteiger partial charge in [0.25, 0.3) is 5.91 Å². The molecule has 2 aromatic carbocycles. The van der Waals surface area contributed by atoms with Crippen molar-refractivity contribution in [2.75, 3.05) is 6.61 Å². The van der Waals surface area contributed by atoms with Crippen molar-refractivity contribution in [1.29, 1.82) is 0 Å². The van der Waals surface area contributed by atoms with Crippen molar-refractivity contribution >= 4 is 34.6 Å². The van der Waals surface area contributed by atoms with E-state index in [1.165, 1.54) is 11.8 Å². The number of benzene rings is 2. The van der Waals surface area contributed by atoms with E-state index in [1.807, 2.05) is 62.4 Å². The van der Waals surface area contributed by atoms with Crippen LogP contribution in [0.4, 0.5) is 5.69 Å². The zero-order valence-corrected chi connectivity index (χ0v) is 15.6. The Labute approximate surface area is 157 Å². The number of hydrogen-bond donors (Lipinski definition) is 1. The standard InChI is InChI=1S/C21H20N2O2S/c1-4-11-25-17-9-7-16(8-10-17)13-19-20(24)23-21(26-19)22-18-12-14(2)5-6-15(18)3/h4-10,12-13H,1,11H2,2-3H3,(H,22,23,24)/b19-13-. The summed E-state index contributed by atoms with van der Waals surface area (Å²) in [5.74, 6) is 0.638. The number of nitrogens with zero attached hydrogens (tertiary/aromatic N) is 1. The monoisotopic (exact) mass is 364 g/mol. The minimum Gasteiger partial charge on any atom is -0.490 e. The molecule has 5 heteroatoms. The van der Waals surface area contributed by atoms with Gasteiger partial charge in [-0.05, 0) is 66.6 Å². The van der Waals surface area contributed by atoms with Crippen molar-refractivity contribution in [2.24, 2.45) is 4.99 Å². The summed E-state index contributed by atoms with van der Waals surface area (Å²) in [5.41, 5.74) is 4.02. The summed E-state index contributed by atoms with van der Waals surface area (Å²) >= 11 is 1.35. The van der Waals surface area contributed by atoms with Crippen molar-refractivity contribution in [3.63, 3.8) is 0 Å². The Kier molecular flexibility index (Phi) is 5.58. The van der Waals surface area contributed by atoms with Gasteiger partial charge in [0.2, 0.25) is 0 Å². The first-order valence-electron chi connectivity index (χ1n) is 8.26. The van der Waals surface area contributed by atoms with E-state index in [4.69, 9.17) is 4.74 Å². The van der Waals surface area contributed by atoms with E-state index in [0.717, 1.165) is 28.1 Å². The average Bonchev–Trinajstić information content (AvgIpc) is 2.96. The molecule has 0 bridgehead atoms. The maximum Gasteiger partial charge on any atom is 0.264 e. The zero-order valence-electron chi connectivity index (χ0n) is 14.8. The smallest absolute Gasteiger partial charge is 0.264 e. The zero-order chi connectivity index (χ0) is 18.5. The van der Waals surface area contributed by atoms with Gasteiger partial charge >= 0.3 is 0 Å². The highest BCUT2D eigenvalue weighted by Crippen LogP contribution is 2.29. The van der Waals surface area contributed by atoms with Crippen molar-refractivity contribution in [1.82, 2.24) is 5.32 Å². The number of carbonyl (C=O) groups is 1. The van der Waals surface area contributed by atoms with Crippen LogP contribution in [0.5, 0.6) is 5.75 Å². The van der Waals surface area contributed by atoms with Gasteiger partial charge in [-0.15, -0.1) is 0 Å². The van der Waals surface area contributed by atoms with Crippen molar-refractivity contribution in [2.45, 2.75) is 13.8 Å². The first kappa shape index (κ1) is 18.0. The van der Waals surface area contributed by atoms with Gasteiger partial charge in [-0.1, -0.05) is 36.9 Å². The molecule has 0 spiro atoms. The van der Waals surface area contributed by atoms with Gasteiger partial charge < -0.3 is 10.1 Å². The third kappa shape index (κ3) is 4.43. The van der Waals surface area contributed by atoms with Gasteiger partial charge in [0.05, 0.1) is 10.6 Å². The van der Waals surface area contributed by atoms with Gasteiger partial charge in [-0.2, -0.15) is 0 Å². The van der Waals surface area contributed by atoms with Crippen LogP contribution in [0.15, 0.2) is 65.0 Å². The number of amidine groups is 1. The molecule has 0 atom stereocenters. The minimum atomic E-state index is -0.133. The Balaban J connectivity index is 1.77. The highest BCUT2D eigenvalue weighted by Gasteiger charge is 2.23. The summed E-state index contributed by atoms with van der Waals surface area (Å²) in [6.07, 6.45) is 3.55. The predicted molar refractivity (Wildman–Crippen MR) is 109 cm³/mol. The Bertz CT molecular complexity index is 899. The Morgan fingerprint density at radius 1 is 1.19 bits per heavy atom. The second-order valence-corrected chi connectivity index (χ2v) is 6.97. The number of carbonyl (C=O) groups excluding carboxylic acids is 1. The molecule has 1 saturated heterocycles. The normalized spacial score (nSPS) is 16.8. The maximum atomic E-state index is 12.2. The fourth-order valence-corrected chi connectivity index (χ4v) is 3.23. The molecule has 0 aromatic heterocycles. The van der Waals surface area contributed by atoms with Gasteiger partial charge in [0.15, 0.2) is 5.17 Å². The fraction of sp³-hybridized carbons (Fsp3) is 0.143. The molecular weight excluding hydrogens is 344 g/mol. The van der Waals surface area contributed by atoms with Crippen molar-refractivity contribution < 1.29 is 9.53 Å². The first-order chi connectivity index (χ1) is 12.5. The Hall–Kier alpha value is -2.79. The van der Waals surface area contributed by atoms with Crippen LogP contribution in [0.1, 0.15) is 16.7 Å². The second kappa shape index (κ2) is 8.06. The lowest BCUT2D eigenvalue weighted by atomic mass is 10.1. The average molecular weight is 364 g/mol. The lowest BCUT2D eigenvalue weighted by Crippen LogP contribution is -2.19. The molecule has 3 rings (SSSR count). The molecule has 1 aliphatic rings. The van der Waals surface area contributed by atoms with E-state index in [2.05, 4.69) is 16.9 Å². The Morgan fingerprint density at radius 2 is 1.96 bits per heavy atom. The first-order valence-corrected chi connectivity index (χ1v) is 9.07. The summed E-state index contributed by atoms with van der Waals surface area (Å²) in [6, 6.07) is 13.7. The lowest BCUT2D eigenvalue weighted by molar-refractivity contribution is -0.115. The molecule has 4 nitrogen and oxygen atoms in total. The predicted octanol–water partition coefficient (Wildman–Crippen LogP) is 4.76. The third-order valence-corrected chi connectivity index (χ3v) is 4.69. The van der Waals surface area contributed by atoms with Crippen molar-refractivity contribution in [3.05, 3.63) is 76.7 Å². The van der Waals surface area contributed by atoms with Crippen LogP contribution in [-0.2, 0) is 4.79 Å². The third-order valence-electron chi connectivity index (χ3n) is 3.78. The van der Waals surface area contributed by atoms with Gasteiger partial charge in [-0.25, -0.2) is 4.99 Å². The number of nitrogens with one attached hydrogen (secondary N) is 1. The van der Waals surface area contributed by atoms with E-state index in [1.54, 1.807) is 6.08 Å². The molecule has 1 fully saturated rings. The highest BCUT2D eigenvalue weighted by atomic mass is 32.2. The molecule has 1 heterocycles. The number of rotatable bonds is 5. The van der Waals surface area contributed by atoms with Crippen LogP contribution in [0.2, 0.25) is 0 Å². The van der Waals surface area contributed by atoms with Crippen LogP contribution in [-0.4, -0.2) is 17.7 Å². The van der Waals surface area contributed by atoms with E-state index in [0.29, 0.717) is 16.7 Å². The molecule has 132 valence electrons. The summed E-state index contributed by atoms with van der Waals surface area (Å²) in [7, 11) is 0. The molecule has 26 heavy (non-hydrogen) atoms. The number of aryl methyl sites for hydroxylation is 2. The fourth-order valence-electron chi connectivity index (χ4n) is 2.40. The highest BCUT2D eigenvalue weighted by molar-refractivity contribution is 8.18. The SMILES string of the molecule is C=CCOc1ccc(/C=C2\SC(=Nc3cc(C)ccc3C)NC2=O)cc1. The number of hydrogen-bond acceptors (Lipinski definition) is 4. The minimum absolute atomic E-state index is 0.133. The largest absolute Gasteiger partial charge is 0.490 e. The molecular formula is C21H20N2O2S. The van der Waals surface area contributed by atoms with Crippen LogP contribution >= 0.6 is 11.8 Å². The molecule has 1 amide bonds. The lowest BCUT2D eigenvalue weighted by Gasteiger charge is -2.03. The van der Waals surface area contributed by atoms with Crippen LogP contribution in [0.3, 0.4) is 0 Å². The molecule has 1 N–H and O–H groups in total. The molecule has 2 aromatic rings. The van der Waals surface area contributed by atoms with Crippen LogP contribution in [0, 0.1) is 13.8 Å². The molecule has 0 aliphatic carbocycles. The summed E-state index contributed by atoms with van der Waals surface area (Å²) < 4.78 is 5.46. The molecule has 0 radical (unpaired) electrons. The molecule has 1 aliphatic heterocycles. The number of aliphatic imine (C=N–C) groups is 1. The second-order valence-electron chi connectivity index (χ2n) is 5.94. The molecule has 0 unspecified atom stereocenters. The van der Waals surface area contributed by atoms with Gasteiger partial charge in [0.1, 0.15) is 12.4 Å². The number of ether oxygens (including phenoxy) is 1. The van der Waals surface area contributed by atoms with E-state index < -0.39 is 0 Å². The van der Waals surface area contributed by atoms with Gasteiger partial charge in [0, 0.05) is 0 Å². The maximum absolute atomic E-state index is 12.2.